The van der Waals surface area contributed by atoms with Crippen LogP contribution >= 0.6 is 34.6 Å². The van der Waals surface area contributed by atoms with E-state index in [1.807, 2.05) is 24.2 Å². The van der Waals surface area contributed by atoms with Crippen molar-refractivity contribution in [3.05, 3.63) is 30.6 Å². The van der Waals surface area contributed by atoms with Gasteiger partial charge in [-0.05, 0) is 11.5 Å². The lowest BCUT2D eigenvalue weighted by Crippen LogP contribution is -2.05. The molecule has 2 radical (unpaired) electrons. The van der Waals surface area contributed by atoms with Crippen LogP contribution in [-0.2, 0) is 0 Å². The molecule has 2 aromatic rings. The molecule has 1 heterocycles. The Balaban J connectivity index is 2.34. The number of pyridine rings is 1. The minimum absolute atomic E-state index is 1.01. The van der Waals surface area contributed by atoms with Gasteiger partial charge in [-0.1, -0.05) is 12.1 Å². The lowest BCUT2D eigenvalue weighted by Gasteiger charge is -2.07. The highest BCUT2D eigenvalue weighted by molar-refractivity contribution is 14.1. The standard InChI is InChI=1S/C11H10IN2S.Al/c12-14-6-7-15-11-3-1-2-9-4-5-13-8-10(9)11;/h2-5,8,14H,6-7H2;. The third kappa shape index (κ3) is 3.11. The van der Waals surface area contributed by atoms with Crippen molar-refractivity contribution in [1.82, 2.24) is 8.51 Å². The number of hydrogen-bond donors (Lipinski definition) is 1. The van der Waals surface area contributed by atoms with E-state index < -0.39 is 0 Å². The Kier molecular flexibility index (Phi) is 4.92. The van der Waals surface area contributed by atoms with Crippen molar-refractivity contribution in [2.45, 2.75) is 4.90 Å². The van der Waals surface area contributed by atoms with E-state index in [9.17, 15) is 0 Å². The van der Waals surface area contributed by atoms with E-state index in [0.717, 1.165) is 12.3 Å². The zero-order valence-electron chi connectivity index (χ0n) is 8.61. The first kappa shape index (κ1) is 12.7. The van der Waals surface area contributed by atoms with Crippen molar-refractivity contribution >= 4 is 66.1 Å². The number of thioether (sulfide) groups is 1. The van der Waals surface area contributed by atoms with Gasteiger partial charge in [0.1, 0.15) is 0 Å². The van der Waals surface area contributed by atoms with Crippen molar-refractivity contribution in [1.29, 1.82) is 0 Å². The zero-order valence-corrected chi connectivity index (χ0v) is 12.7. The zero-order chi connectivity index (χ0) is 11.4. The summed E-state index contributed by atoms with van der Waals surface area (Å²) in [5, 5.41) is 2.50. The van der Waals surface area contributed by atoms with Gasteiger partial charge in [-0.15, -0.1) is 16.2 Å². The normalized spacial score (nSPS) is 10.8. The summed E-state index contributed by atoms with van der Waals surface area (Å²) >= 11 is 6.81. The van der Waals surface area contributed by atoms with Crippen LogP contribution in [0, 0.1) is 0 Å². The van der Waals surface area contributed by atoms with Crippen LogP contribution in [0.2, 0.25) is 0 Å². The number of rotatable bonds is 4. The van der Waals surface area contributed by atoms with Gasteiger partial charge in [0.05, 0.1) is 0 Å². The van der Waals surface area contributed by atoms with E-state index in [0.29, 0.717) is 0 Å². The first-order chi connectivity index (χ1) is 7.81. The Hall–Kier alpha value is 0.202. The van der Waals surface area contributed by atoms with Gasteiger partial charge in [0, 0.05) is 57.8 Å². The monoisotopic (exact) mass is 356 g/mol. The number of halogens is 1. The highest BCUT2D eigenvalue weighted by Gasteiger charge is 2.02. The summed E-state index contributed by atoms with van der Waals surface area (Å²) in [6.45, 7) is 1.01. The molecule has 1 aromatic carbocycles. The van der Waals surface area contributed by atoms with Gasteiger partial charge in [-0.2, -0.15) is 0 Å². The van der Waals surface area contributed by atoms with E-state index >= 15 is 0 Å². The molecule has 0 aliphatic carbocycles. The molecule has 0 saturated heterocycles. The maximum atomic E-state index is 4.19. The highest BCUT2D eigenvalue weighted by atomic mass is 127. The van der Waals surface area contributed by atoms with Crippen LogP contribution in [0.25, 0.3) is 10.8 Å². The SMILES string of the molecule is [Al][c]1cc(SCCNI)c2cnccc2c1. The maximum absolute atomic E-state index is 4.19. The van der Waals surface area contributed by atoms with Gasteiger partial charge in [0.15, 0.2) is 16.3 Å². The summed E-state index contributed by atoms with van der Waals surface area (Å²) in [6, 6.07) is 6.43. The smallest absolute Gasteiger partial charge is 0.175 e. The van der Waals surface area contributed by atoms with Gasteiger partial charge in [0.2, 0.25) is 0 Å². The maximum Gasteiger partial charge on any atom is 0.175 e. The molecule has 0 spiro atoms. The molecular weight excluding hydrogens is 346 g/mol. The fourth-order valence-electron chi connectivity index (χ4n) is 1.51. The summed E-state index contributed by atoms with van der Waals surface area (Å²) in [5.74, 6) is 1.07. The molecule has 0 unspecified atom stereocenters. The molecule has 0 aliphatic heterocycles. The number of benzene rings is 1. The third-order valence-corrected chi connectivity index (χ3v) is 4.12. The van der Waals surface area contributed by atoms with E-state index in [4.69, 9.17) is 0 Å². The lowest BCUT2D eigenvalue weighted by atomic mass is 10.2. The number of nitrogens with one attached hydrogen (secondary N) is 1. The summed E-state index contributed by atoms with van der Waals surface area (Å²) in [6.07, 6.45) is 3.78. The van der Waals surface area contributed by atoms with Crippen molar-refractivity contribution in [2.24, 2.45) is 0 Å². The van der Waals surface area contributed by atoms with E-state index in [2.05, 4.69) is 65.9 Å². The Labute approximate surface area is 122 Å². The Morgan fingerprint density at radius 1 is 1.44 bits per heavy atom. The third-order valence-electron chi connectivity index (χ3n) is 2.19. The van der Waals surface area contributed by atoms with Crippen LogP contribution in [0.1, 0.15) is 0 Å². The first-order valence-corrected chi connectivity index (χ1v) is 7.55. The molecule has 2 rings (SSSR count). The van der Waals surface area contributed by atoms with Gasteiger partial charge < -0.3 is 0 Å². The fourth-order valence-corrected chi connectivity index (χ4v) is 3.58. The molecule has 2 nitrogen and oxygen atoms in total. The van der Waals surface area contributed by atoms with Gasteiger partial charge in [-0.3, -0.25) is 8.51 Å². The van der Waals surface area contributed by atoms with E-state index in [1.54, 1.807) is 0 Å². The molecular formula is C11H10AlIN2S. The second-order valence-corrected chi connectivity index (χ2v) is 5.91. The van der Waals surface area contributed by atoms with Crippen LogP contribution < -0.4 is 7.96 Å². The fraction of sp³-hybridized carbons (Fsp3) is 0.182. The van der Waals surface area contributed by atoms with Crippen LogP contribution in [0.15, 0.2) is 35.5 Å². The number of fused-ring (bicyclic) bond motifs is 1. The Morgan fingerprint density at radius 2 is 2.31 bits per heavy atom. The van der Waals surface area contributed by atoms with Crippen molar-refractivity contribution in [3.8, 4) is 0 Å². The minimum atomic E-state index is 1.01. The van der Waals surface area contributed by atoms with Crippen molar-refractivity contribution < 1.29 is 0 Å². The highest BCUT2D eigenvalue weighted by Crippen LogP contribution is 2.25. The second kappa shape index (κ2) is 6.22. The van der Waals surface area contributed by atoms with Gasteiger partial charge >= 0.3 is 0 Å². The van der Waals surface area contributed by atoms with Crippen LogP contribution in [0.5, 0.6) is 0 Å². The lowest BCUT2D eigenvalue weighted by molar-refractivity contribution is 1.09. The van der Waals surface area contributed by atoms with Gasteiger partial charge in [0.25, 0.3) is 0 Å². The van der Waals surface area contributed by atoms with Crippen molar-refractivity contribution in [2.75, 3.05) is 12.3 Å². The number of hydrogen-bond acceptors (Lipinski definition) is 3. The Bertz CT molecular complexity index is 492. The summed E-state index contributed by atoms with van der Waals surface area (Å²) in [7, 11) is 0. The molecule has 0 fully saturated rings. The average Bonchev–Trinajstić information content (AvgIpc) is 2.29. The summed E-state index contributed by atoms with van der Waals surface area (Å²) < 4.78 is 4.35. The van der Waals surface area contributed by atoms with E-state index in [-0.39, 0.29) is 0 Å². The molecule has 80 valence electrons. The number of aromatic nitrogens is 1. The van der Waals surface area contributed by atoms with Crippen molar-refractivity contribution in [3.63, 3.8) is 0 Å². The predicted octanol–water partition coefficient (Wildman–Crippen LogP) is 2.06. The Morgan fingerprint density at radius 3 is 3.12 bits per heavy atom. The van der Waals surface area contributed by atoms with Crippen LogP contribution in [0.4, 0.5) is 0 Å². The topological polar surface area (TPSA) is 24.9 Å². The molecule has 0 aliphatic rings. The predicted molar refractivity (Wildman–Crippen MR) is 79.9 cm³/mol. The summed E-state index contributed by atoms with van der Waals surface area (Å²) in [4.78, 5) is 5.50. The number of nitrogens with zero attached hydrogens (tertiary/aromatic N) is 1. The second-order valence-electron chi connectivity index (χ2n) is 3.35. The summed E-state index contributed by atoms with van der Waals surface area (Å²) in [5.41, 5.74) is 0. The van der Waals surface area contributed by atoms with E-state index in [1.165, 1.54) is 20.1 Å². The molecule has 16 heavy (non-hydrogen) atoms. The molecule has 0 amide bonds. The van der Waals surface area contributed by atoms with Crippen LogP contribution in [0.3, 0.4) is 0 Å². The molecule has 0 saturated carbocycles. The molecule has 0 atom stereocenters. The molecule has 1 aromatic heterocycles. The average molecular weight is 356 g/mol. The van der Waals surface area contributed by atoms with Crippen LogP contribution in [-0.4, -0.2) is 33.6 Å². The minimum Gasteiger partial charge on any atom is -0.264 e. The molecule has 5 heteroatoms. The first-order valence-electron chi connectivity index (χ1n) is 4.91. The van der Waals surface area contributed by atoms with Gasteiger partial charge in [-0.25, -0.2) is 0 Å². The molecule has 1 N–H and O–H groups in total. The molecule has 0 bridgehead atoms. The quantitative estimate of drug-likeness (QED) is 0.299. The largest absolute Gasteiger partial charge is 0.264 e.